The lowest BCUT2D eigenvalue weighted by atomic mass is 10.2. The topological polar surface area (TPSA) is 64.1 Å². The first-order valence-electron chi connectivity index (χ1n) is 6.18. The number of nitrogens with one attached hydrogen (secondary N) is 1. The summed E-state index contributed by atoms with van der Waals surface area (Å²) in [5.74, 6) is 0.697. The summed E-state index contributed by atoms with van der Waals surface area (Å²) in [4.78, 5) is 26.8. The summed E-state index contributed by atoms with van der Waals surface area (Å²) >= 11 is 5.88. The quantitative estimate of drug-likeness (QED) is 0.881. The molecule has 0 spiro atoms. The zero-order valence-electron chi connectivity index (χ0n) is 11.5. The maximum Gasteiger partial charge on any atom is 0.334 e. The van der Waals surface area contributed by atoms with E-state index in [9.17, 15) is 9.59 Å². The lowest BCUT2D eigenvalue weighted by molar-refractivity contribution is 0.411. The van der Waals surface area contributed by atoms with Crippen molar-refractivity contribution in [3.63, 3.8) is 0 Å². The molecule has 0 unspecified atom stereocenters. The Bertz CT molecular complexity index is 762. The van der Waals surface area contributed by atoms with Crippen molar-refractivity contribution in [1.82, 2.24) is 9.55 Å². The first kappa shape index (κ1) is 14.4. The lowest BCUT2D eigenvalue weighted by Crippen LogP contribution is -2.36. The van der Waals surface area contributed by atoms with E-state index in [1.165, 1.54) is 0 Å². The highest BCUT2D eigenvalue weighted by atomic mass is 35.5. The van der Waals surface area contributed by atoms with Gasteiger partial charge in [0.25, 0.3) is 5.56 Å². The Morgan fingerprint density at radius 3 is 2.60 bits per heavy atom. The minimum Gasteiger partial charge on any atom is -0.496 e. The number of methoxy groups -OCH3 is 1. The van der Waals surface area contributed by atoms with E-state index in [-0.39, 0.29) is 5.15 Å². The predicted molar refractivity (Wildman–Crippen MR) is 78.3 cm³/mol. The molecule has 2 aromatic rings. The number of ether oxygens (including phenoxy) is 1. The molecular weight excluding hydrogens is 280 g/mol. The molecule has 5 nitrogen and oxygen atoms in total. The highest BCUT2D eigenvalue weighted by Gasteiger charge is 2.13. The zero-order valence-corrected chi connectivity index (χ0v) is 12.2. The Kier molecular flexibility index (Phi) is 3.99. The van der Waals surface area contributed by atoms with Gasteiger partial charge in [0.2, 0.25) is 0 Å². The van der Waals surface area contributed by atoms with E-state index in [1.54, 1.807) is 25.3 Å². The molecule has 0 bridgehead atoms. The normalized spacial score (nSPS) is 10.6. The number of aromatic amines is 1. The van der Waals surface area contributed by atoms with Crippen LogP contribution < -0.4 is 16.0 Å². The van der Waals surface area contributed by atoms with Crippen LogP contribution in [0.5, 0.6) is 5.75 Å². The lowest BCUT2D eigenvalue weighted by Gasteiger charge is -2.10. The van der Waals surface area contributed by atoms with Crippen molar-refractivity contribution in [2.75, 3.05) is 7.11 Å². The fourth-order valence-electron chi connectivity index (χ4n) is 2.09. The van der Waals surface area contributed by atoms with Crippen LogP contribution in [0.1, 0.15) is 18.1 Å². The third-order valence-electron chi connectivity index (χ3n) is 3.14. The van der Waals surface area contributed by atoms with Gasteiger partial charge in [-0.3, -0.25) is 9.78 Å². The van der Waals surface area contributed by atoms with Crippen molar-refractivity contribution in [2.45, 2.75) is 20.3 Å². The van der Waals surface area contributed by atoms with Crippen molar-refractivity contribution < 1.29 is 4.74 Å². The Hall–Kier alpha value is -2.01. The van der Waals surface area contributed by atoms with Gasteiger partial charge in [-0.1, -0.05) is 18.5 Å². The first-order valence-corrected chi connectivity index (χ1v) is 6.56. The summed E-state index contributed by atoms with van der Waals surface area (Å²) < 4.78 is 6.25. The molecule has 0 saturated heterocycles. The van der Waals surface area contributed by atoms with Crippen LogP contribution >= 0.6 is 11.6 Å². The Morgan fingerprint density at radius 2 is 2.05 bits per heavy atom. The molecule has 20 heavy (non-hydrogen) atoms. The van der Waals surface area contributed by atoms with Gasteiger partial charge in [-0.05, 0) is 37.1 Å². The highest BCUT2D eigenvalue weighted by Crippen LogP contribution is 2.19. The molecule has 106 valence electrons. The number of hydrogen-bond acceptors (Lipinski definition) is 3. The van der Waals surface area contributed by atoms with Gasteiger partial charge in [0.1, 0.15) is 10.9 Å². The van der Waals surface area contributed by atoms with Crippen molar-refractivity contribution in [3.8, 4) is 11.4 Å². The predicted octanol–water partition coefficient (Wildman–Crippen LogP) is 2.06. The van der Waals surface area contributed by atoms with E-state index >= 15 is 0 Å². The molecule has 0 atom stereocenters. The molecule has 1 aromatic heterocycles. The number of benzene rings is 1. The number of hydrogen-bond donors (Lipinski definition) is 1. The van der Waals surface area contributed by atoms with Crippen LogP contribution in [0.25, 0.3) is 5.69 Å². The smallest absolute Gasteiger partial charge is 0.334 e. The summed E-state index contributed by atoms with van der Waals surface area (Å²) in [7, 11) is 1.57. The van der Waals surface area contributed by atoms with E-state index in [0.717, 1.165) is 10.1 Å². The summed E-state index contributed by atoms with van der Waals surface area (Å²) in [5.41, 5.74) is 0.762. The summed E-state index contributed by atoms with van der Waals surface area (Å²) in [5, 5.41) is 0.101. The standard InChI is InChI=1S/C14H15ClN2O3/c1-4-10-12(15)16-14(19)17(13(10)18)9-5-6-11(20-3)8(2)7-9/h5-7H,4H2,1-3H3,(H,16,19). The van der Waals surface area contributed by atoms with Gasteiger partial charge in [-0.2, -0.15) is 0 Å². The minimum absolute atomic E-state index is 0.101. The number of halogens is 1. The zero-order chi connectivity index (χ0) is 14.9. The van der Waals surface area contributed by atoms with Crippen molar-refractivity contribution in [3.05, 3.63) is 55.3 Å². The van der Waals surface area contributed by atoms with Crippen molar-refractivity contribution in [1.29, 1.82) is 0 Å². The number of aryl methyl sites for hydroxylation is 1. The minimum atomic E-state index is -0.554. The Morgan fingerprint density at radius 1 is 1.35 bits per heavy atom. The van der Waals surface area contributed by atoms with E-state index in [1.807, 2.05) is 13.8 Å². The molecule has 0 aliphatic carbocycles. The summed E-state index contributed by atoms with van der Waals surface area (Å²) in [6, 6.07) is 5.11. The second-order valence-corrected chi connectivity index (χ2v) is 4.75. The Balaban J connectivity index is 2.73. The number of H-pyrrole nitrogens is 1. The molecule has 0 aliphatic heterocycles. The highest BCUT2D eigenvalue weighted by molar-refractivity contribution is 6.30. The fraction of sp³-hybridized carbons (Fsp3) is 0.286. The Labute approximate surface area is 120 Å². The van der Waals surface area contributed by atoms with E-state index in [0.29, 0.717) is 23.4 Å². The van der Waals surface area contributed by atoms with Gasteiger partial charge in [-0.15, -0.1) is 0 Å². The van der Waals surface area contributed by atoms with Crippen LogP contribution in [0.3, 0.4) is 0 Å². The van der Waals surface area contributed by atoms with Crippen LogP contribution in [-0.4, -0.2) is 16.7 Å². The van der Waals surface area contributed by atoms with Gasteiger partial charge >= 0.3 is 5.69 Å². The summed E-state index contributed by atoms with van der Waals surface area (Å²) in [6.45, 7) is 3.66. The van der Waals surface area contributed by atoms with Crippen LogP contribution in [-0.2, 0) is 6.42 Å². The molecule has 0 fully saturated rings. The number of aromatic nitrogens is 2. The molecule has 0 amide bonds. The molecule has 1 heterocycles. The first-order chi connectivity index (χ1) is 9.49. The molecule has 2 rings (SSSR count). The molecule has 6 heteroatoms. The van der Waals surface area contributed by atoms with Crippen LogP contribution in [0.2, 0.25) is 5.15 Å². The van der Waals surface area contributed by atoms with Gasteiger partial charge in [0, 0.05) is 0 Å². The summed E-state index contributed by atoms with van der Waals surface area (Å²) in [6.07, 6.45) is 0.448. The number of nitrogens with zero attached hydrogens (tertiary/aromatic N) is 1. The fourth-order valence-corrected chi connectivity index (χ4v) is 2.38. The van der Waals surface area contributed by atoms with Crippen molar-refractivity contribution in [2.24, 2.45) is 0 Å². The largest absolute Gasteiger partial charge is 0.496 e. The average Bonchev–Trinajstić information content (AvgIpc) is 2.39. The van der Waals surface area contributed by atoms with Gasteiger partial charge in [-0.25, -0.2) is 9.36 Å². The van der Waals surface area contributed by atoms with E-state index < -0.39 is 11.2 Å². The SMILES string of the molecule is CCc1c(Cl)[nH]c(=O)n(-c2ccc(OC)c(C)c2)c1=O. The van der Waals surface area contributed by atoms with Crippen LogP contribution in [0.15, 0.2) is 27.8 Å². The second-order valence-electron chi connectivity index (χ2n) is 4.37. The molecule has 0 saturated carbocycles. The van der Waals surface area contributed by atoms with Gasteiger partial charge in [0.05, 0.1) is 18.4 Å². The van der Waals surface area contributed by atoms with E-state index in [4.69, 9.17) is 16.3 Å². The molecule has 0 aliphatic rings. The van der Waals surface area contributed by atoms with Gasteiger partial charge in [0.15, 0.2) is 0 Å². The number of rotatable bonds is 3. The van der Waals surface area contributed by atoms with Gasteiger partial charge < -0.3 is 4.74 Å². The average molecular weight is 295 g/mol. The molecule has 1 N–H and O–H groups in total. The van der Waals surface area contributed by atoms with Crippen molar-refractivity contribution >= 4 is 11.6 Å². The van der Waals surface area contributed by atoms with Crippen LogP contribution in [0.4, 0.5) is 0 Å². The third-order valence-corrected chi connectivity index (χ3v) is 3.46. The maximum atomic E-state index is 12.3. The molecule has 0 radical (unpaired) electrons. The second kappa shape index (κ2) is 5.54. The van der Waals surface area contributed by atoms with Crippen LogP contribution in [0, 0.1) is 6.92 Å². The molecular formula is C14H15ClN2O3. The maximum absolute atomic E-state index is 12.3. The third kappa shape index (κ3) is 2.36. The van der Waals surface area contributed by atoms with E-state index in [2.05, 4.69) is 4.98 Å². The molecule has 1 aromatic carbocycles. The monoisotopic (exact) mass is 294 g/mol.